The van der Waals surface area contributed by atoms with Gasteiger partial charge in [0, 0.05) is 6.20 Å². The van der Waals surface area contributed by atoms with Crippen LogP contribution in [0, 0.1) is 25.2 Å². The van der Waals surface area contributed by atoms with Crippen molar-refractivity contribution in [3.05, 3.63) is 86.1 Å². The van der Waals surface area contributed by atoms with Crippen LogP contribution in [0.2, 0.25) is 0 Å². The van der Waals surface area contributed by atoms with Gasteiger partial charge in [0.25, 0.3) is 11.1 Å². The van der Waals surface area contributed by atoms with Crippen LogP contribution in [0.25, 0.3) is 22.4 Å². The Kier molecular flexibility index (Phi) is 3.44. The van der Waals surface area contributed by atoms with Gasteiger partial charge in [0.05, 0.1) is 11.1 Å². The van der Waals surface area contributed by atoms with Crippen molar-refractivity contribution in [1.29, 1.82) is 5.26 Å². The van der Waals surface area contributed by atoms with Crippen LogP contribution in [-0.4, -0.2) is 14.0 Å². The third-order valence-corrected chi connectivity index (χ3v) is 4.47. The number of hydrogen-bond acceptors (Lipinski definition) is 4. The summed E-state index contributed by atoms with van der Waals surface area (Å²) in [5, 5.41) is 9.60. The Morgan fingerprint density at radius 2 is 1.69 bits per heavy atom. The molecule has 0 N–H and O–H groups in total. The molecule has 0 aliphatic rings. The summed E-state index contributed by atoms with van der Waals surface area (Å²) in [4.78, 5) is 30.5. The van der Waals surface area contributed by atoms with Crippen molar-refractivity contribution in [3.63, 3.8) is 0 Å². The largest absolute Gasteiger partial charge is 0.274 e. The highest BCUT2D eigenvalue weighted by Gasteiger charge is 2.17. The number of pyridine rings is 2. The molecule has 0 aliphatic carbocycles. The summed E-state index contributed by atoms with van der Waals surface area (Å²) < 4.78 is 2.79. The number of fused-ring (bicyclic) bond motifs is 2. The summed E-state index contributed by atoms with van der Waals surface area (Å²) in [6, 6.07) is 14.2. The molecule has 0 aliphatic heterocycles. The lowest BCUT2D eigenvalue weighted by atomic mass is 10.1. The number of aromatic nitrogens is 3. The second-order valence-electron chi connectivity index (χ2n) is 6.14. The minimum absolute atomic E-state index is 0.0905. The van der Waals surface area contributed by atoms with Crippen LogP contribution in [0.15, 0.2) is 58.3 Å². The van der Waals surface area contributed by atoms with E-state index in [1.54, 1.807) is 24.4 Å². The average Bonchev–Trinajstić information content (AvgIpc) is 2.64. The van der Waals surface area contributed by atoms with Gasteiger partial charge in [0.2, 0.25) is 0 Å². The van der Waals surface area contributed by atoms with Crippen molar-refractivity contribution in [2.45, 2.75) is 13.8 Å². The first-order chi connectivity index (χ1) is 12.5. The van der Waals surface area contributed by atoms with Crippen LogP contribution in [0.4, 0.5) is 0 Å². The third kappa shape index (κ3) is 2.15. The topological polar surface area (TPSA) is 80.2 Å². The fourth-order valence-corrected chi connectivity index (χ4v) is 3.14. The van der Waals surface area contributed by atoms with Crippen LogP contribution < -0.4 is 11.1 Å². The van der Waals surface area contributed by atoms with Crippen LogP contribution in [0.1, 0.15) is 16.7 Å². The third-order valence-electron chi connectivity index (χ3n) is 4.47. The molecule has 6 nitrogen and oxygen atoms in total. The number of hydrogen-bond donors (Lipinski definition) is 0. The van der Waals surface area contributed by atoms with E-state index >= 15 is 0 Å². The fraction of sp³-hybridized carbons (Fsp3) is 0.100. The van der Waals surface area contributed by atoms with Gasteiger partial charge in [-0.1, -0.05) is 24.3 Å². The summed E-state index contributed by atoms with van der Waals surface area (Å²) in [5.41, 5.74) is 2.11. The van der Waals surface area contributed by atoms with Crippen molar-refractivity contribution in [1.82, 2.24) is 14.0 Å². The maximum atomic E-state index is 13.0. The van der Waals surface area contributed by atoms with Crippen LogP contribution in [0.5, 0.6) is 0 Å². The summed E-state index contributed by atoms with van der Waals surface area (Å²) in [7, 11) is 0. The van der Waals surface area contributed by atoms with E-state index in [9.17, 15) is 14.9 Å². The van der Waals surface area contributed by atoms with Gasteiger partial charge in [0.15, 0.2) is 5.65 Å². The van der Waals surface area contributed by atoms with Gasteiger partial charge in [0.1, 0.15) is 17.3 Å². The first kappa shape index (κ1) is 15.8. The van der Waals surface area contributed by atoms with Crippen LogP contribution in [-0.2, 0) is 0 Å². The second kappa shape index (κ2) is 5.67. The SMILES string of the molecule is Cc1ccccc1-n1c(=O)c(C#N)cc2c(=O)n3cccc(C)c3nc21. The number of aryl methyl sites for hydroxylation is 2. The van der Waals surface area contributed by atoms with E-state index < -0.39 is 5.56 Å². The predicted octanol–water partition coefficient (Wildman–Crippen LogP) is 2.49. The van der Waals surface area contributed by atoms with Gasteiger partial charge in [-0.25, -0.2) is 4.98 Å². The molecule has 0 saturated carbocycles. The fourth-order valence-electron chi connectivity index (χ4n) is 3.14. The maximum absolute atomic E-state index is 13.0. The molecule has 0 unspecified atom stereocenters. The zero-order chi connectivity index (χ0) is 18.4. The van der Waals surface area contributed by atoms with Gasteiger partial charge in [-0.15, -0.1) is 0 Å². The molecule has 0 amide bonds. The van der Waals surface area contributed by atoms with E-state index in [2.05, 4.69) is 4.98 Å². The van der Waals surface area contributed by atoms with E-state index in [0.717, 1.165) is 11.1 Å². The number of benzene rings is 1. The molecule has 0 spiro atoms. The molecule has 126 valence electrons. The Hall–Kier alpha value is -3.72. The Morgan fingerprint density at radius 3 is 2.42 bits per heavy atom. The Bertz CT molecular complexity index is 1360. The number of nitriles is 1. The Labute approximate surface area is 148 Å². The van der Waals surface area contributed by atoms with Crippen molar-refractivity contribution in [3.8, 4) is 11.8 Å². The number of para-hydroxylation sites is 1. The molecule has 0 bridgehead atoms. The summed E-state index contributed by atoms with van der Waals surface area (Å²) in [6.07, 6.45) is 1.63. The number of nitrogens with zero attached hydrogens (tertiary/aromatic N) is 4. The quantitative estimate of drug-likeness (QED) is 0.498. The molecular formula is C20H14N4O2. The van der Waals surface area contributed by atoms with Crippen LogP contribution >= 0.6 is 0 Å². The molecule has 3 aromatic heterocycles. The molecule has 4 aromatic rings. The standard InChI is InChI=1S/C20H14N4O2/c1-12-6-3-4-8-16(12)24-18-15(10-14(11-21)19(24)25)20(26)23-9-5-7-13(2)17(23)22-18/h3-10H,1-2H3. The molecule has 3 heterocycles. The number of rotatable bonds is 1. The minimum atomic E-state index is -0.487. The summed E-state index contributed by atoms with van der Waals surface area (Å²) >= 11 is 0. The van der Waals surface area contributed by atoms with Gasteiger partial charge in [-0.2, -0.15) is 5.26 Å². The predicted molar refractivity (Wildman–Crippen MR) is 98.8 cm³/mol. The molecule has 0 radical (unpaired) electrons. The van der Waals surface area contributed by atoms with Crippen molar-refractivity contribution in [2.24, 2.45) is 0 Å². The van der Waals surface area contributed by atoms with E-state index in [4.69, 9.17) is 0 Å². The van der Waals surface area contributed by atoms with Gasteiger partial charge in [-0.3, -0.25) is 18.6 Å². The highest BCUT2D eigenvalue weighted by Crippen LogP contribution is 2.18. The maximum Gasteiger partial charge on any atom is 0.274 e. The van der Waals surface area contributed by atoms with E-state index in [1.807, 2.05) is 38.1 Å². The zero-order valence-corrected chi connectivity index (χ0v) is 14.2. The normalized spacial score (nSPS) is 11.0. The highest BCUT2D eigenvalue weighted by molar-refractivity contribution is 5.80. The smallest absolute Gasteiger partial charge is 0.268 e. The van der Waals surface area contributed by atoms with Gasteiger partial charge >= 0.3 is 0 Å². The minimum Gasteiger partial charge on any atom is -0.268 e. The van der Waals surface area contributed by atoms with E-state index in [1.165, 1.54) is 15.0 Å². The molecular weight excluding hydrogens is 328 g/mol. The first-order valence-electron chi connectivity index (χ1n) is 8.07. The van der Waals surface area contributed by atoms with Crippen molar-refractivity contribution >= 4 is 16.7 Å². The average molecular weight is 342 g/mol. The lowest BCUT2D eigenvalue weighted by Gasteiger charge is -2.13. The Morgan fingerprint density at radius 1 is 0.962 bits per heavy atom. The van der Waals surface area contributed by atoms with Gasteiger partial charge < -0.3 is 0 Å². The molecule has 4 rings (SSSR count). The highest BCUT2D eigenvalue weighted by atomic mass is 16.1. The molecule has 0 atom stereocenters. The van der Waals surface area contributed by atoms with Crippen molar-refractivity contribution in [2.75, 3.05) is 0 Å². The molecule has 0 fully saturated rings. The molecule has 26 heavy (non-hydrogen) atoms. The second-order valence-corrected chi connectivity index (χ2v) is 6.14. The lowest BCUT2D eigenvalue weighted by molar-refractivity contribution is 0.971. The van der Waals surface area contributed by atoms with E-state index in [0.29, 0.717) is 11.3 Å². The molecule has 0 saturated heterocycles. The molecule has 1 aromatic carbocycles. The summed E-state index contributed by atoms with van der Waals surface area (Å²) in [5.74, 6) is 0. The molecule has 6 heteroatoms. The Balaban J connectivity index is 2.33. The monoisotopic (exact) mass is 342 g/mol. The zero-order valence-electron chi connectivity index (χ0n) is 14.2. The first-order valence-corrected chi connectivity index (χ1v) is 8.07. The van der Waals surface area contributed by atoms with Gasteiger partial charge in [-0.05, 0) is 43.2 Å². The van der Waals surface area contributed by atoms with E-state index in [-0.39, 0.29) is 22.2 Å². The van der Waals surface area contributed by atoms with Crippen LogP contribution in [0.3, 0.4) is 0 Å². The van der Waals surface area contributed by atoms with Crippen molar-refractivity contribution < 1.29 is 0 Å². The lowest BCUT2D eigenvalue weighted by Crippen LogP contribution is -2.27. The summed E-state index contributed by atoms with van der Waals surface area (Å²) in [6.45, 7) is 3.72.